The fourth-order valence-corrected chi connectivity index (χ4v) is 3.66. The van der Waals surface area contributed by atoms with Gasteiger partial charge < -0.3 is 30.5 Å². The summed E-state index contributed by atoms with van der Waals surface area (Å²) in [6, 6.07) is 18.7. The molecular weight excluding hydrogens is 486 g/mol. The van der Waals surface area contributed by atoms with Crippen molar-refractivity contribution in [3.8, 4) is 11.5 Å². The molecule has 3 aromatic carbocycles. The highest BCUT2D eigenvalue weighted by molar-refractivity contribution is 6.09. The molecule has 1 atom stereocenters. The van der Waals surface area contributed by atoms with E-state index in [0.29, 0.717) is 36.8 Å². The van der Waals surface area contributed by atoms with E-state index in [4.69, 9.17) is 9.47 Å². The lowest BCUT2D eigenvalue weighted by atomic mass is 10.0. The Bertz CT molecular complexity index is 1210. The first kappa shape index (κ1) is 28.2. The average molecular weight is 520 g/mol. The summed E-state index contributed by atoms with van der Waals surface area (Å²) in [6.07, 6.45) is 1.08. The Morgan fingerprint density at radius 2 is 1.61 bits per heavy atom. The van der Waals surface area contributed by atoms with Gasteiger partial charge in [-0.3, -0.25) is 14.4 Å². The fourth-order valence-electron chi connectivity index (χ4n) is 3.66. The molecule has 200 valence electrons. The fraction of sp³-hybridized carbons (Fsp3) is 0.276. The first-order chi connectivity index (χ1) is 18.4. The van der Waals surface area contributed by atoms with Crippen molar-refractivity contribution in [2.45, 2.75) is 25.8 Å². The third kappa shape index (κ3) is 8.35. The SMILES string of the molecule is CCCOCCNC(=O)[C@H](Cc1ccc(O)cc1)NC(=O)c1ccccc1NC(=O)c1ccc(OC)cc1. The second kappa shape index (κ2) is 14.4. The van der Waals surface area contributed by atoms with Crippen molar-refractivity contribution < 1.29 is 29.0 Å². The summed E-state index contributed by atoms with van der Waals surface area (Å²) in [6.45, 7) is 3.26. The smallest absolute Gasteiger partial charge is 0.255 e. The average Bonchev–Trinajstić information content (AvgIpc) is 2.93. The van der Waals surface area contributed by atoms with Crippen molar-refractivity contribution in [1.82, 2.24) is 10.6 Å². The highest BCUT2D eigenvalue weighted by Crippen LogP contribution is 2.19. The van der Waals surface area contributed by atoms with Crippen LogP contribution in [0.4, 0.5) is 5.69 Å². The lowest BCUT2D eigenvalue weighted by molar-refractivity contribution is -0.123. The van der Waals surface area contributed by atoms with Gasteiger partial charge in [-0.05, 0) is 60.5 Å². The van der Waals surface area contributed by atoms with Crippen molar-refractivity contribution in [3.63, 3.8) is 0 Å². The van der Waals surface area contributed by atoms with Crippen LogP contribution in [0.1, 0.15) is 39.6 Å². The quantitative estimate of drug-likeness (QED) is 0.256. The molecule has 0 saturated heterocycles. The summed E-state index contributed by atoms with van der Waals surface area (Å²) in [5.41, 5.74) is 1.68. The number of benzene rings is 3. The zero-order chi connectivity index (χ0) is 27.3. The second-order valence-electron chi connectivity index (χ2n) is 8.53. The molecular formula is C29H33N3O6. The number of phenolic OH excluding ortho intramolecular Hbond substituents is 1. The number of amides is 3. The molecule has 9 heteroatoms. The predicted molar refractivity (Wildman–Crippen MR) is 145 cm³/mol. The molecule has 0 aliphatic carbocycles. The Morgan fingerprint density at radius 3 is 2.29 bits per heavy atom. The Morgan fingerprint density at radius 1 is 0.895 bits per heavy atom. The normalized spacial score (nSPS) is 11.3. The molecule has 9 nitrogen and oxygen atoms in total. The number of phenols is 1. The molecule has 0 saturated carbocycles. The van der Waals surface area contributed by atoms with E-state index in [-0.39, 0.29) is 23.6 Å². The molecule has 0 unspecified atom stereocenters. The first-order valence-electron chi connectivity index (χ1n) is 12.4. The van der Waals surface area contributed by atoms with Gasteiger partial charge in [0.2, 0.25) is 5.91 Å². The van der Waals surface area contributed by atoms with Gasteiger partial charge in [-0.25, -0.2) is 0 Å². The van der Waals surface area contributed by atoms with E-state index < -0.39 is 17.9 Å². The van der Waals surface area contributed by atoms with E-state index in [2.05, 4.69) is 16.0 Å². The Hall–Kier alpha value is -4.37. The Balaban J connectivity index is 1.74. The number of hydrogen-bond donors (Lipinski definition) is 4. The summed E-state index contributed by atoms with van der Waals surface area (Å²) in [5.74, 6) is -0.550. The van der Waals surface area contributed by atoms with Gasteiger partial charge in [0.25, 0.3) is 11.8 Å². The minimum Gasteiger partial charge on any atom is -0.508 e. The van der Waals surface area contributed by atoms with Gasteiger partial charge in [0, 0.05) is 25.1 Å². The third-order valence-electron chi connectivity index (χ3n) is 5.66. The van der Waals surface area contributed by atoms with Crippen molar-refractivity contribution in [1.29, 1.82) is 0 Å². The minimum absolute atomic E-state index is 0.105. The van der Waals surface area contributed by atoms with E-state index in [1.54, 1.807) is 67.8 Å². The van der Waals surface area contributed by atoms with E-state index in [1.165, 1.54) is 12.1 Å². The number of carbonyl (C=O) groups is 3. The molecule has 0 aromatic heterocycles. The maximum absolute atomic E-state index is 13.3. The van der Waals surface area contributed by atoms with Crippen LogP contribution < -0.4 is 20.7 Å². The molecule has 0 spiro atoms. The molecule has 3 amide bonds. The van der Waals surface area contributed by atoms with E-state index in [1.807, 2.05) is 6.92 Å². The van der Waals surface area contributed by atoms with E-state index >= 15 is 0 Å². The van der Waals surface area contributed by atoms with Crippen molar-refractivity contribution in [2.24, 2.45) is 0 Å². The van der Waals surface area contributed by atoms with Crippen LogP contribution in [0, 0.1) is 0 Å². The zero-order valence-corrected chi connectivity index (χ0v) is 21.5. The predicted octanol–water partition coefficient (Wildman–Crippen LogP) is 3.54. The second-order valence-corrected chi connectivity index (χ2v) is 8.53. The summed E-state index contributed by atoms with van der Waals surface area (Å²) in [4.78, 5) is 39.1. The Kier molecular flexibility index (Phi) is 10.7. The number of para-hydroxylation sites is 1. The van der Waals surface area contributed by atoms with Gasteiger partial charge in [-0.15, -0.1) is 0 Å². The summed E-state index contributed by atoms with van der Waals surface area (Å²) in [5, 5.41) is 18.0. The molecule has 0 aliphatic heterocycles. The highest BCUT2D eigenvalue weighted by Gasteiger charge is 2.23. The molecule has 3 aromatic rings. The van der Waals surface area contributed by atoms with Crippen LogP contribution >= 0.6 is 0 Å². The van der Waals surface area contributed by atoms with Crippen LogP contribution in [-0.2, 0) is 16.0 Å². The number of carbonyl (C=O) groups excluding carboxylic acids is 3. The van der Waals surface area contributed by atoms with Crippen molar-refractivity contribution >= 4 is 23.4 Å². The van der Waals surface area contributed by atoms with E-state index in [0.717, 1.165) is 12.0 Å². The number of methoxy groups -OCH3 is 1. The van der Waals surface area contributed by atoms with Crippen molar-refractivity contribution in [3.05, 3.63) is 89.5 Å². The van der Waals surface area contributed by atoms with Gasteiger partial charge in [0.1, 0.15) is 17.5 Å². The van der Waals surface area contributed by atoms with Gasteiger partial charge >= 0.3 is 0 Å². The molecule has 0 aliphatic rings. The van der Waals surface area contributed by atoms with Gasteiger partial charge in [0.05, 0.1) is 25.0 Å². The molecule has 0 radical (unpaired) electrons. The summed E-state index contributed by atoms with van der Waals surface area (Å²) in [7, 11) is 1.54. The van der Waals surface area contributed by atoms with Crippen LogP contribution in [0.5, 0.6) is 11.5 Å². The minimum atomic E-state index is -0.899. The molecule has 4 N–H and O–H groups in total. The summed E-state index contributed by atoms with van der Waals surface area (Å²) >= 11 is 0. The van der Waals surface area contributed by atoms with Crippen LogP contribution in [0.25, 0.3) is 0 Å². The topological polar surface area (TPSA) is 126 Å². The number of rotatable bonds is 13. The van der Waals surface area contributed by atoms with Crippen LogP contribution in [0.15, 0.2) is 72.8 Å². The number of hydrogen-bond acceptors (Lipinski definition) is 6. The largest absolute Gasteiger partial charge is 0.508 e. The number of ether oxygens (including phenoxy) is 2. The molecule has 0 heterocycles. The molecule has 0 fully saturated rings. The highest BCUT2D eigenvalue weighted by atomic mass is 16.5. The monoisotopic (exact) mass is 519 g/mol. The third-order valence-corrected chi connectivity index (χ3v) is 5.66. The Labute approximate surface area is 222 Å². The number of nitrogens with one attached hydrogen (secondary N) is 3. The van der Waals surface area contributed by atoms with Gasteiger partial charge in [-0.1, -0.05) is 31.2 Å². The lowest BCUT2D eigenvalue weighted by Gasteiger charge is -2.20. The van der Waals surface area contributed by atoms with Crippen LogP contribution in [0.2, 0.25) is 0 Å². The maximum Gasteiger partial charge on any atom is 0.255 e. The van der Waals surface area contributed by atoms with Gasteiger partial charge in [0.15, 0.2) is 0 Å². The maximum atomic E-state index is 13.3. The van der Waals surface area contributed by atoms with Gasteiger partial charge in [-0.2, -0.15) is 0 Å². The molecule has 3 rings (SSSR count). The van der Waals surface area contributed by atoms with Crippen LogP contribution in [-0.4, -0.2) is 55.7 Å². The zero-order valence-electron chi connectivity index (χ0n) is 21.5. The molecule has 38 heavy (non-hydrogen) atoms. The number of aromatic hydroxyl groups is 1. The van der Waals surface area contributed by atoms with E-state index in [9.17, 15) is 19.5 Å². The number of anilines is 1. The standard InChI is InChI=1S/C29H33N3O6/c1-3-17-38-18-16-30-29(36)26(19-20-8-12-22(33)13-9-20)32-28(35)24-6-4-5-7-25(24)31-27(34)21-10-14-23(37-2)15-11-21/h4-15,26,33H,3,16-19H2,1-2H3,(H,30,36)(H,31,34)(H,32,35)/t26-/m0/s1. The van der Waals surface area contributed by atoms with Crippen LogP contribution in [0.3, 0.4) is 0 Å². The summed E-state index contributed by atoms with van der Waals surface area (Å²) < 4.78 is 10.5. The molecule has 0 bridgehead atoms. The lowest BCUT2D eigenvalue weighted by Crippen LogP contribution is -2.48. The first-order valence-corrected chi connectivity index (χ1v) is 12.4. The van der Waals surface area contributed by atoms with Crippen molar-refractivity contribution in [2.75, 3.05) is 32.2 Å².